The monoisotopic (exact) mass is 868 g/mol. The molecule has 0 amide bonds. The summed E-state index contributed by atoms with van der Waals surface area (Å²) in [6.07, 6.45) is 51.9. The predicted octanol–water partition coefficient (Wildman–Crippen LogP) is 14.8. The van der Waals surface area contributed by atoms with Crippen molar-refractivity contribution in [3.63, 3.8) is 0 Å². The van der Waals surface area contributed by atoms with Gasteiger partial charge in [-0.15, -0.1) is 0 Å². The molecule has 0 spiro atoms. The van der Waals surface area contributed by atoms with E-state index in [9.17, 15) is 19.0 Å². The summed E-state index contributed by atoms with van der Waals surface area (Å²) in [5.41, 5.74) is 0. The molecular weight excluding hydrogens is 774 g/mol. The zero-order valence-electron chi connectivity index (χ0n) is 39.2. The number of phosphoric ester groups is 1. The number of ether oxygens (including phenoxy) is 2. The number of carbonyl (C=O) groups excluding carboxylic acids is 2. The van der Waals surface area contributed by atoms with E-state index >= 15 is 0 Å². The lowest BCUT2D eigenvalue weighted by atomic mass is 10.0. The molecule has 2 unspecified atom stereocenters. The van der Waals surface area contributed by atoms with Crippen molar-refractivity contribution >= 4 is 19.8 Å². The van der Waals surface area contributed by atoms with Gasteiger partial charge in [0.05, 0.1) is 13.2 Å². The van der Waals surface area contributed by atoms with Gasteiger partial charge in [0, 0.05) is 19.4 Å². The topological polar surface area (TPSA) is 120 Å². The van der Waals surface area contributed by atoms with E-state index in [-0.39, 0.29) is 32.0 Å². The maximum absolute atomic E-state index is 12.7. The van der Waals surface area contributed by atoms with Crippen molar-refractivity contribution in [3.05, 3.63) is 36.5 Å². The highest BCUT2D eigenvalue weighted by molar-refractivity contribution is 7.47. The van der Waals surface area contributed by atoms with Crippen molar-refractivity contribution in [3.8, 4) is 0 Å². The number of unbranched alkanes of at least 4 members (excludes halogenated alkanes) is 27. The molecule has 10 heteroatoms. The molecule has 0 saturated heterocycles. The van der Waals surface area contributed by atoms with E-state index in [0.29, 0.717) is 13.0 Å². The Labute approximate surface area is 369 Å². The van der Waals surface area contributed by atoms with Gasteiger partial charge < -0.3 is 19.7 Å². The first-order valence-electron chi connectivity index (χ1n) is 24.9. The van der Waals surface area contributed by atoms with E-state index in [1.54, 1.807) is 7.05 Å². The van der Waals surface area contributed by atoms with Crippen LogP contribution in [-0.2, 0) is 32.7 Å². The molecule has 2 N–H and O–H groups in total. The van der Waals surface area contributed by atoms with Crippen LogP contribution in [0.3, 0.4) is 0 Å². The normalized spacial score (nSPS) is 13.5. The Kier molecular flexibility index (Phi) is 45.3. The Morgan fingerprint density at radius 2 is 0.900 bits per heavy atom. The standard InChI is InChI=1S/C50H94NO8P/c1-4-6-8-10-12-14-16-18-20-22-23-24-25-27-28-30-32-34-36-38-40-42-49(52)56-46-48(47-58-60(54,55)57-45-44-51-3)59-50(53)43-41-39-37-35-33-31-29-26-21-19-17-15-13-11-9-7-5-2/h13,15,18-21,48,51H,4-12,14,16-17,22-47H2,1-3H3,(H,54,55)/b15-13-,20-18-,21-19-. The van der Waals surface area contributed by atoms with E-state index in [0.717, 1.165) is 51.4 Å². The predicted molar refractivity (Wildman–Crippen MR) is 252 cm³/mol. The van der Waals surface area contributed by atoms with Gasteiger partial charge in [-0.05, 0) is 77.7 Å². The van der Waals surface area contributed by atoms with Crippen LogP contribution < -0.4 is 5.32 Å². The van der Waals surface area contributed by atoms with E-state index in [2.05, 4.69) is 55.6 Å². The van der Waals surface area contributed by atoms with Gasteiger partial charge in [-0.1, -0.05) is 185 Å². The van der Waals surface area contributed by atoms with Gasteiger partial charge in [0.2, 0.25) is 0 Å². The minimum absolute atomic E-state index is 0.0183. The van der Waals surface area contributed by atoms with Crippen LogP contribution in [0.4, 0.5) is 0 Å². The number of phosphoric acid groups is 1. The van der Waals surface area contributed by atoms with Crippen molar-refractivity contribution in [1.82, 2.24) is 5.32 Å². The molecule has 60 heavy (non-hydrogen) atoms. The average molecular weight is 868 g/mol. The van der Waals surface area contributed by atoms with Gasteiger partial charge in [0.25, 0.3) is 0 Å². The largest absolute Gasteiger partial charge is 0.472 e. The Balaban J connectivity index is 4.12. The molecule has 2 atom stereocenters. The van der Waals surface area contributed by atoms with Crippen molar-refractivity contribution in [1.29, 1.82) is 0 Å². The molecule has 0 aliphatic rings. The van der Waals surface area contributed by atoms with Crippen molar-refractivity contribution in [2.45, 2.75) is 238 Å². The van der Waals surface area contributed by atoms with Crippen molar-refractivity contribution in [2.75, 3.05) is 33.4 Å². The summed E-state index contributed by atoms with van der Waals surface area (Å²) >= 11 is 0. The molecular formula is C50H94NO8P. The summed E-state index contributed by atoms with van der Waals surface area (Å²) in [7, 11) is -2.65. The summed E-state index contributed by atoms with van der Waals surface area (Å²) in [5, 5.41) is 2.83. The number of nitrogens with one attached hydrogen (secondary N) is 1. The molecule has 0 aromatic carbocycles. The van der Waals surface area contributed by atoms with Gasteiger partial charge in [0.1, 0.15) is 6.61 Å². The fourth-order valence-electron chi connectivity index (χ4n) is 6.93. The summed E-state index contributed by atoms with van der Waals surface area (Å²) in [4.78, 5) is 35.2. The number of hydrogen-bond acceptors (Lipinski definition) is 8. The second-order valence-electron chi connectivity index (χ2n) is 16.6. The van der Waals surface area contributed by atoms with E-state index in [1.165, 1.54) is 148 Å². The Hall–Kier alpha value is -1.77. The number of allylic oxidation sites excluding steroid dienone is 6. The van der Waals surface area contributed by atoms with Gasteiger partial charge >= 0.3 is 19.8 Å². The minimum atomic E-state index is -4.35. The molecule has 0 aliphatic heterocycles. The summed E-state index contributed by atoms with van der Waals surface area (Å²) in [6, 6.07) is 0. The number of rotatable bonds is 47. The van der Waals surface area contributed by atoms with E-state index < -0.39 is 26.5 Å². The van der Waals surface area contributed by atoms with Crippen LogP contribution in [0.5, 0.6) is 0 Å². The van der Waals surface area contributed by atoms with Gasteiger partial charge in [0.15, 0.2) is 6.10 Å². The van der Waals surface area contributed by atoms with Crippen molar-refractivity contribution < 1.29 is 37.6 Å². The number of hydrogen-bond donors (Lipinski definition) is 2. The second-order valence-corrected chi connectivity index (χ2v) is 18.1. The molecule has 0 radical (unpaired) electrons. The number of carbonyl (C=O) groups is 2. The Morgan fingerprint density at radius 1 is 0.517 bits per heavy atom. The van der Waals surface area contributed by atoms with Crippen molar-refractivity contribution in [2.24, 2.45) is 0 Å². The molecule has 9 nitrogen and oxygen atoms in total. The highest BCUT2D eigenvalue weighted by atomic mass is 31.2. The molecule has 0 aromatic heterocycles. The van der Waals surface area contributed by atoms with Crippen LogP contribution in [0.25, 0.3) is 0 Å². The molecule has 0 bridgehead atoms. The Morgan fingerprint density at radius 3 is 1.37 bits per heavy atom. The SMILES string of the molecule is CCCCC/C=C\C/C=C\CCCCCCCCCC(=O)OC(COC(=O)CCCCCCCCCCCCC/C=C\CCCCCCCC)COP(=O)(O)OCCNC. The maximum Gasteiger partial charge on any atom is 0.472 e. The molecule has 0 aliphatic carbocycles. The zero-order valence-corrected chi connectivity index (χ0v) is 40.1. The first kappa shape index (κ1) is 58.2. The lowest BCUT2D eigenvalue weighted by molar-refractivity contribution is -0.161. The average Bonchev–Trinajstić information content (AvgIpc) is 3.23. The van der Waals surface area contributed by atoms with Crippen LogP contribution in [0.2, 0.25) is 0 Å². The van der Waals surface area contributed by atoms with Crippen LogP contribution in [0.15, 0.2) is 36.5 Å². The fraction of sp³-hybridized carbons (Fsp3) is 0.840. The second kappa shape index (κ2) is 46.7. The molecule has 0 aromatic rings. The highest BCUT2D eigenvalue weighted by Crippen LogP contribution is 2.43. The van der Waals surface area contributed by atoms with Gasteiger partial charge in [-0.25, -0.2) is 4.57 Å². The van der Waals surface area contributed by atoms with Gasteiger partial charge in [-0.3, -0.25) is 18.6 Å². The van der Waals surface area contributed by atoms with Gasteiger partial charge in [-0.2, -0.15) is 0 Å². The lowest BCUT2D eigenvalue weighted by Gasteiger charge is -2.20. The van der Waals surface area contributed by atoms with Crippen LogP contribution in [-0.4, -0.2) is 56.3 Å². The zero-order chi connectivity index (χ0) is 43.9. The summed E-state index contributed by atoms with van der Waals surface area (Å²) in [6.45, 7) is 4.21. The fourth-order valence-corrected chi connectivity index (χ4v) is 7.68. The summed E-state index contributed by atoms with van der Waals surface area (Å²) < 4.78 is 33.3. The Bertz CT molecular complexity index is 1080. The molecule has 0 heterocycles. The summed E-state index contributed by atoms with van der Waals surface area (Å²) in [5.74, 6) is -0.809. The van der Waals surface area contributed by atoms with Crippen LogP contribution in [0.1, 0.15) is 232 Å². The molecule has 352 valence electrons. The number of likely N-dealkylation sites (N-methyl/N-ethyl adjacent to an activating group) is 1. The highest BCUT2D eigenvalue weighted by Gasteiger charge is 2.26. The first-order chi connectivity index (χ1) is 29.3. The molecule has 0 fully saturated rings. The van der Waals surface area contributed by atoms with E-state index in [4.69, 9.17) is 18.5 Å². The smallest absolute Gasteiger partial charge is 0.462 e. The number of esters is 2. The van der Waals surface area contributed by atoms with Crippen LogP contribution in [0, 0.1) is 0 Å². The molecule has 0 saturated carbocycles. The molecule has 0 rings (SSSR count). The van der Waals surface area contributed by atoms with Crippen LogP contribution >= 0.6 is 7.82 Å². The third-order valence-corrected chi connectivity index (χ3v) is 11.7. The minimum Gasteiger partial charge on any atom is -0.462 e. The third-order valence-electron chi connectivity index (χ3n) is 10.7. The third kappa shape index (κ3) is 45.7. The quantitative estimate of drug-likeness (QED) is 0.0266. The van der Waals surface area contributed by atoms with E-state index in [1.807, 2.05) is 0 Å². The maximum atomic E-state index is 12.7. The lowest BCUT2D eigenvalue weighted by Crippen LogP contribution is -2.29. The first-order valence-corrected chi connectivity index (χ1v) is 26.4.